The Balaban J connectivity index is 1.39. The Labute approximate surface area is 185 Å². The van der Waals surface area contributed by atoms with Gasteiger partial charge in [-0.15, -0.1) is 0 Å². The van der Waals surface area contributed by atoms with Crippen LogP contribution < -0.4 is 10.6 Å². The molecule has 0 spiro atoms. The fourth-order valence-electron chi connectivity index (χ4n) is 5.25. The molecule has 0 bridgehead atoms. The average molecular weight is 432 g/mol. The van der Waals surface area contributed by atoms with Crippen molar-refractivity contribution in [2.45, 2.75) is 69.4 Å². The number of carbonyl (C=O) groups is 2. The van der Waals surface area contributed by atoms with Gasteiger partial charge in [-0.05, 0) is 37.5 Å². The number of nitrogens with zero attached hydrogens (tertiary/aromatic N) is 3. The zero-order chi connectivity index (χ0) is 21.7. The second-order valence-corrected chi connectivity index (χ2v) is 9.95. The van der Waals surface area contributed by atoms with E-state index in [4.69, 9.17) is 4.74 Å². The van der Waals surface area contributed by atoms with E-state index in [9.17, 15) is 14.9 Å². The van der Waals surface area contributed by atoms with Crippen molar-refractivity contribution in [1.29, 1.82) is 5.26 Å². The highest BCUT2D eigenvalue weighted by Crippen LogP contribution is 2.32. The van der Waals surface area contributed by atoms with Gasteiger partial charge in [0.2, 0.25) is 5.91 Å². The van der Waals surface area contributed by atoms with Gasteiger partial charge in [0.25, 0.3) is 0 Å². The maximum atomic E-state index is 13.4. The normalized spacial score (nSPS) is 28.7. The van der Waals surface area contributed by atoms with E-state index >= 15 is 0 Å². The topological polar surface area (TPSA) is 97.7 Å². The second-order valence-electron chi connectivity index (χ2n) is 9.95. The molecule has 4 fully saturated rings. The first-order valence-electron chi connectivity index (χ1n) is 12.2. The number of hydrogen-bond acceptors (Lipinski definition) is 5. The van der Waals surface area contributed by atoms with Gasteiger partial charge in [0.1, 0.15) is 11.6 Å². The van der Waals surface area contributed by atoms with Crippen LogP contribution >= 0.6 is 0 Å². The lowest BCUT2D eigenvalue weighted by Gasteiger charge is -2.32. The van der Waals surface area contributed by atoms with Gasteiger partial charge in [-0.2, -0.15) is 5.26 Å². The molecule has 2 atom stereocenters. The predicted molar refractivity (Wildman–Crippen MR) is 116 cm³/mol. The summed E-state index contributed by atoms with van der Waals surface area (Å²) in [6.45, 7) is 4.60. The van der Waals surface area contributed by atoms with Crippen molar-refractivity contribution in [2.75, 3.05) is 45.9 Å². The molecule has 4 aliphatic rings. The van der Waals surface area contributed by atoms with E-state index in [1.165, 1.54) is 32.1 Å². The summed E-state index contributed by atoms with van der Waals surface area (Å²) >= 11 is 0. The maximum Gasteiger partial charge on any atom is 0.318 e. The van der Waals surface area contributed by atoms with Crippen LogP contribution in [-0.4, -0.2) is 79.3 Å². The SMILES string of the molecule is N#CC1(NC(=O)C(CC2CCCCC2)NC(=O)N2CCOCC2)CCN(CC2CC2)C1. The Kier molecular flexibility index (Phi) is 7.34. The van der Waals surface area contributed by atoms with Crippen LogP contribution in [0.1, 0.15) is 57.8 Å². The average Bonchev–Trinajstić information content (AvgIpc) is 3.53. The minimum absolute atomic E-state index is 0.202. The highest BCUT2D eigenvalue weighted by molar-refractivity contribution is 5.88. The van der Waals surface area contributed by atoms with Crippen LogP contribution in [0.15, 0.2) is 0 Å². The molecule has 172 valence electrons. The first-order valence-corrected chi connectivity index (χ1v) is 12.2. The number of nitrogens with one attached hydrogen (secondary N) is 2. The van der Waals surface area contributed by atoms with E-state index in [0.29, 0.717) is 51.6 Å². The maximum absolute atomic E-state index is 13.4. The molecule has 2 aliphatic heterocycles. The van der Waals surface area contributed by atoms with Gasteiger partial charge in [0.15, 0.2) is 0 Å². The van der Waals surface area contributed by atoms with Crippen molar-refractivity contribution in [2.24, 2.45) is 11.8 Å². The number of rotatable bonds is 7. The van der Waals surface area contributed by atoms with E-state index in [0.717, 1.165) is 31.8 Å². The third kappa shape index (κ3) is 6.11. The van der Waals surface area contributed by atoms with E-state index in [1.807, 2.05) is 0 Å². The van der Waals surface area contributed by atoms with Crippen LogP contribution in [0.5, 0.6) is 0 Å². The van der Waals surface area contributed by atoms with Crippen LogP contribution in [0.25, 0.3) is 0 Å². The zero-order valence-corrected chi connectivity index (χ0v) is 18.6. The van der Waals surface area contributed by atoms with E-state index in [1.54, 1.807) is 4.90 Å². The van der Waals surface area contributed by atoms with Gasteiger partial charge in [0.05, 0.1) is 19.3 Å². The van der Waals surface area contributed by atoms with Crippen molar-refractivity contribution in [3.8, 4) is 6.07 Å². The van der Waals surface area contributed by atoms with Crippen molar-refractivity contribution < 1.29 is 14.3 Å². The van der Waals surface area contributed by atoms with Crippen molar-refractivity contribution >= 4 is 11.9 Å². The van der Waals surface area contributed by atoms with Crippen LogP contribution in [0, 0.1) is 23.2 Å². The van der Waals surface area contributed by atoms with Gasteiger partial charge < -0.3 is 20.3 Å². The Morgan fingerprint density at radius 3 is 2.48 bits per heavy atom. The minimum Gasteiger partial charge on any atom is -0.378 e. The largest absolute Gasteiger partial charge is 0.378 e. The molecule has 3 amide bonds. The highest BCUT2D eigenvalue weighted by Gasteiger charge is 2.42. The molecule has 8 nitrogen and oxygen atoms in total. The Morgan fingerprint density at radius 2 is 1.81 bits per heavy atom. The summed E-state index contributed by atoms with van der Waals surface area (Å²) in [4.78, 5) is 30.2. The number of amides is 3. The summed E-state index contributed by atoms with van der Waals surface area (Å²) < 4.78 is 5.34. The molecule has 4 rings (SSSR count). The number of morpholine rings is 1. The molecule has 0 radical (unpaired) electrons. The number of likely N-dealkylation sites (tertiary alicyclic amines) is 1. The molecule has 2 saturated carbocycles. The highest BCUT2D eigenvalue weighted by atomic mass is 16.5. The third-order valence-corrected chi connectivity index (χ3v) is 7.34. The van der Waals surface area contributed by atoms with Gasteiger partial charge in [-0.1, -0.05) is 32.1 Å². The van der Waals surface area contributed by atoms with Gasteiger partial charge in [-0.3, -0.25) is 9.69 Å². The molecule has 2 aliphatic carbocycles. The first-order chi connectivity index (χ1) is 15.1. The lowest BCUT2D eigenvalue weighted by atomic mass is 9.84. The van der Waals surface area contributed by atoms with E-state index in [2.05, 4.69) is 21.6 Å². The summed E-state index contributed by atoms with van der Waals surface area (Å²) in [5, 5.41) is 16.0. The van der Waals surface area contributed by atoms with Crippen LogP contribution in [0.2, 0.25) is 0 Å². The number of hydrogen-bond donors (Lipinski definition) is 2. The monoisotopic (exact) mass is 431 g/mol. The standard InChI is InChI=1S/C23H37N5O3/c24-16-23(8-9-27(17-23)15-19-6-7-19)26-21(29)20(14-18-4-2-1-3-5-18)25-22(30)28-10-12-31-13-11-28/h18-20H,1-15,17H2,(H,25,30)(H,26,29). The summed E-state index contributed by atoms with van der Waals surface area (Å²) in [6.07, 6.45) is 9.69. The predicted octanol–water partition coefficient (Wildman–Crippen LogP) is 1.86. The Bertz CT molecular complexity index is 679. The van der Waals surface area contributed by atoms with Crippen LogP contribution in [-0.2, 0) is 9.53 Å². The van der Waals surface area contributed by atoms with Crippen LogP contribution in [0.3, 0.4) is 0 Å². The molecule has 2 N–H and O–H groups in total. The Hall–Kier alpha value is -1.85. The second kappa shape index (κ2) is 10.2. The van der Waals surface area contributed by atoms with Crippen molar-refractivity contribution in [1.82, 2.24) is 20.4 Å². The van der Waals surface area contributed by atoms with Gasteiger partial charge in [-0.25, -0.2) is 4.79 Å². The number of urea groups is 1. The molecule has 0 aromatic heterocycles. The molecule has 2 saturated heterocycles. The fourth-order valence-corrected chi connectivity index (χ4v) is 5.25. The molecule has 8 heteroatoms. The Morgan fingerprint density at radius 1 is 1.06 bits per heavy atom. The molecule has 0 aromatic carbocycles. The van der Waals surface area contributed by atoms with Gasteiger partial charge in [0, 0.05) is 32.7 Å². The van der Waals surface area contributed by atoms with Crippen molar-refractivity contribution in [3.63, 3.8) is 0 Å². The minimum atomic E-state index is -0.847. The summed E-state index contributed by atoms with van der Waals surface area (Å²) in [5.41, 5.74) is -0.847. The van der Waals surface area contributed by atoms with Gasteiger partial charge >= 0.3 is 6.03 Å². The molecule has 0 aromatic rings. The van der Waals surface area contributed by atoms with E-state index < -0.39 is 11.6 Å². The quantitative estimate of drug-likeness (QED) is 0.641. The molecular weight excluding hydrogens is 394 g/mol. The molecule has 31 heavy (non-hydrogen) atoms. The molecule has 2 heterocycles. The lowest BCUT2D eigenvalue weighted by molar-refractivity contribution is -0.124. The smallest absolute Gasteiger partial charge is 0.318 e. The zero-order valence-electron chi connectivity index (χ0n) is 18.6. The first kappa shape index (κ1) is 22.3. The number of nitriles is 1. The third-order valence-electron chi connectivity index (χ3n) is 7.34. The van der Waals surface area contributed by atoms with Crippen LogP contribution in [0.4, 0.5) is 4.79 Å². The fraction of sp³-hybridized carbons (Fsp3) is 0.870. The number of ether oxygens (including phenoxy) is 1. The van der Waals surface area contributed by atoms with Crippen molar-refractivity contribution in [3.05, 3.63) is 0 Å². The summed E-state index contributed by atoms with van der Waals surface area (Å²) in [5.74, 6) is 1.00. The summed E-state index contributed by atoms with van der Waals surface area (Å²) in [7, 11) is 0. The number of carbonyl (C=O) groups excluding carboxylic acids is 2. The lowest BCUT2D eigenvalue weighted by Crippen LogP contribution is -2.58. The molecular formula is C23H37N5O3. The summed E-state index contributed by atoms with van der Waals surface area (Å²) in [6, 6.07) is 1.60. The molecule has 2 unspecified atom stereocenters. The van der Waals surface area contributed by atoms with E-state index in [-0.39, 0.29) is 11.9 Å².